The molecule has 110 valence electrons. The summed E-state index contributed by atoms with van der Waals surface area (Å²) in [5.41, 5.74) is 5.24. The Bertz CT molecular complexity index is 618. The van der Waals surface area contributed by atoms with Crippen LogP contribution in [0.1, 0.15) is 42.5 Å². The highest BCUT2D eigenvalue weighted by atomic mass is 16.3. The quantitative estimate of drug-likeness (QED) is 0.888. The second kappa shape index (κ2) is 5.80. The van der Waals surface area contributed by atoms with Crippen LogP contribution in [-0.4, -0.2) is 11.7 Å². The van der Waals surface area contributed by atoms with E-state index in [4.69, 9.17) is 0 Å². The molecule has 0 radical (unpaired) electrons. The lowest BCUT2D eigenvalue weighted by Crippen LogP contribution is -2.31. The van der Waals surface area contributed by atoms with Gasteiger partial charge in [-0.1, -0.05) is 23.8 Å². The Balaban J connectivity index is 1.99. The largest absolute Gasteiger partial charge is 0.508 e. The summed E-state index contributed by atoms with van der Waals surface area (Å²) in [6.45, 7) is 5.30. The SMILES string of the molecule is CCN(c1ccc(C)cc1)C1CCCc2ccc(O)cc21. The predicted molar refractivity (Wildman–Crippen MR) is 88.0 cm³/mol. The second-order valence-corrected chi connectivity index (χ2v) is 5.91. The van der Waals surface area contributed by atoms with Gasteiger partial charge < -0.3 is 10.0 Å². The number of aromatic hydroxyl groups is 1. The number of fused-ring (bicyclic) bond motifs is 1. The van der Waals surface area contributed by atoms with Gasteiger partial charge in [-0.05, 0) is 68.5 Å². The summed E-state index contributed by atoms with van der Waals surface area (Å²) in [7, 11) is 0. The zero-order valence-corrected chi connectivity index (χ0v) is 12.8. The maximum absolute atomic E-state index is 9.85. The summed E-state index contributed by atoms with van der Waals surface area (Å²) >= 11 is 0. The van der Waals surface area contributed by atoms with Gasteiger partial charge in [-0.15, -0.1) is 0 Å². The molecule has 1 aliphatic rings. The van der Waals surface area contributed by atoms with E-state index in [2.05, 4.69) is 49.1 Å². The molecule has 0 fully saturated rings. The molecule has 0 spiro atoms. The summed E-state index contributed by atoms with van der Waals surface area (Å²) in [5, 5.41) is 9.85. The van der Waals surface area contributed by atoms with E-state index in [1.807, 2.05) is 12.1 Å². The van der Waals surface area contributed by atoms with E-state index in [1.165, 1.54) is 28.8 Å². The monoisotopic (exact) mass is 281 g/mol. The predicted octanol–water partition coefficient (Wildman–Crippen LogP) is 4.60. The first-order chi connectivity index (χ1) is 10.2. The number of nitrogens with zero attached hydrogens (tertiary/aromatic N) is 1. The summed E-state index contributed by atoms with van der Waals surface area (Å²) in [6.07, 6.45) is 3.49. The first-order valence-electron chi connectivity index (χ1n) is 7.84. The van der Waals surface area contributed by atoms with Crippen molar-refractivity contribution < 1.29 is 5.11 Å². The Labute approximate surface area is 127 Å². The third kappa shape index (κ3) is 2.76. The van der Waals surface area contributed by atoms with Crippen molar-refractivity contribution in [1.29, 1.82) is 0 Å². The van der Waals surface area contributed by atoms with E-state index in [0.717, 1.165) is 19.4 Å². The Kier molecular flexibility index (Phi) is 3.87. The van der Waals surface area contributed by atoms with Crippen LogP contribution >= 0.6 is 0 Å². The van der Waals surface area contributed by atoms with Gasteiger partial charge in [-0.25, -0.2) is 0 Å². The highest BCUT2D eigenvalue weighted by Gasteiger charge is 2.25. The molecule has 1 aliphatic carbocycles. The standard InChI is InChI=1S/C19H23NO/c1-3-20(16-10-7-14(2)8-11-16)19-6-4-5-15-9-12-17(21)13-18(15)19/h7-13,19,21H,3-6H2,1-2H3. The highest BCUT2D eigenvalue weighted by Crippen LogP contribution is 2.38. The van der Waals surface area contributed by atoms with E-state index in [9.17, 15) is 5.11 Å². The number of hydrogen-bond acceptors (Lipinski definition) is 2. The van der Waals surface area contributed by atoms with Crippen molar-refractivity contribution in [3.05, 3.63) is 59.2 Å². The molecular formula is C19H23NO. The normalized spacial score (nSPS) is 17.3. The molecule has 0 saturated heterocycles. The fourth-order valence-corrected chi connectivity index (χ4v) is 3.40. The van der Waals surface area contributed by atoms with Gasteiger partial charge in [0, 0.05) is 12.2 Å². The lowest BCUT2D eigenvalue weighted by molar-refractivity contribution is 0.467. The summed E-state index contributed by atoms with van der Waals surface area (Å²) in [5.74, 6) is 0.376. The number of phenols is 1. The van der Waals surface area contributed by atoms with Crippen molar-refractivity contribution in [2.24, 2.45) is 0 Å². The molecule has 0 bridgehead atoms. The molecule has 1 N–H and O–H groups in total. The van der Waals surface area contributed by atoms with Gasteiger partial charge in [0.05, 0.1) is 6.04 Å². The van der Waals surface area contributed by atoms with Gasteiger partial charge in [-0.3, -0.25) is 0 Å². The highest BCUT2D eigenvalue weighted by molar-refractivity contribution is 5.52. The van der Waals surface area contributed by atoms with E-state index in [-0.39, 0.29) is 0 Å². The average molecular weight is 281 g/mol. The zero-order chi connectivity index (χ0) is 14.8. The minimum atomic E-state index is 0.369. The molecule has 2 nitrogen and oxygen atoms in total. The third-order valence-electron chi connectivity index (χ3n) is 4.49. The van der Waals surface area contributed by atoms with Crippen LogP contribution in [0, 0.1) is 6.92 Å². The van der Waals surface area contributed by atoms with Crippen LogP contribution in [0.15, 0.2) is 42.5 Å². The van der Waals surface area contributed by atoms with Crippen molar-refractivity contribution in [3.8, 4) is 5.75 Å². The third-order valence-corrected chi connectivity index (χ3v) is 4.49. The lowest BCUT2D eigenvalue weighted by atomic mass is 9.86. The van der Waals surface area contributed by atoms with E-state index >= 15 is 0 Å². The van der Waals surface area contributed by atoms with Crippen LogP contribution in [-0.2, 0) is 6.42 Å². The first kappa shape index (κ1) is 14.0. The van der Waals surface area contributed by atoms with Gasteiger partial charge in [0.1, 0.15) is 5.75 Å². The van der Waals surface area contributed by atoms with Crippen molar-refractivity contribution in [1.82, 2.24) is 0 Å². The fourth-order valence-electron chi connectivity index (χ4n) is 3.40. The first-order valence-corrected chi connectivity index (χ1v) is 7.84. The van der Waals surface area contributed by atoms with Crippen LogP contribution in [0.2, 0.25) is 0 Å². The van der Waals surface area contributed by atoms with Crippen LogP contribution in [0.3, 0.4) is 0 Å². The van der Waals surface area contributed by atoms with E-state index < -0.39 is 0 Å². The number of benzene rings is 2. The molecule has 0 heterocycles. The van der Waals surface area contributed by atoms with E-state index in [0.29, 0.717) is 11.8 Å². The van der Waals surface area contributed by atoms with Crippen molar-refractivity contribution in [3.63, 3.8) is 0 Å². The van der Waals surface area contributed by atoms with Crippen molar-refractivity contribution in [2.75, 3.05) is 11.4 Å². The van der Waals surface area contributed by atoms with Gasteiger partial charge in [0.25, 0.3) is 0 Å². The molecule has 0 saturated carbocycles. The van der Waals surface area contributed by atoms with Crippen LogP contribution in [0.4, 0.5) is 5.69 Å². The summed E-state index contributed by atoms with van der Waals surface area (Å²) in [6, 6.07) is 15.0. The minimum Gasteiger partial charge on any atom is -0.508 e. The van der Waals surface area contributed by atoms with Gasteiger partial charge in [0.2, 0.25) is 0 Å². The van der Waals surface area contributed by atoms with Crippen LogP contribution in [0.5, 0.6) is 5.75 Å². The molecule has 0 aromatic heterocycles. The van der Waals surface area contributed by atoms with Crippen molar-refractivity contribution in [2.45, 2.75) is 39.2 Å². The Hall–Kier alpha value is -1.96. The molecule has 1 unspecified atom stereocenters. The number of anilines is 1. The van der Waals surface area contributed by atoms with Gasteiger partial charge in [0.15, 0.2) is 0 Å². The van der Waals surface area contributed by atoms with E-state index in [1.54, 1.807) is 0 Å². The molecule has 2 aromatic rings. The number of phenolic OH excluding ortho intramolecular Hbond substituents is 1. The molecule has 1 atom stereocenters. The molecular weight excluding hydrogens is 258 g/mol. The lowest BCUT2D eigenvalue weighted by Gasteiger charge is -2.37. The Morgan fingerprint density at radius 1 is 1.14 bits per heavy atom. The summed E-state index contributed by atoms with van der Waals surface area (Å²) < 4.78 is 0. The second-order valence-electron chi connectivity index (χ2n) is 5.91. The van der Waals surface area contributed by atoms with Crippen LogP contribution in [0.25, 0.3) is 0 Å². The molecule has 2 heteroatoms. The Morgan fingerprint density at radius 3 is 2.62 bits per heavy atom. The maximum atomic E-state index is 9.85. The van der Waals surface area contributed by atoms with Gasteiger partial charge in [-0.2, -0.15) is 0 Å². The smallest absolute Gasteiger partial charge is 0.115 e. The average Bonchev–Trinajstić information content (AvgIpc) is 2.50. The maximum Gasteiger partial charge on any atom is 0.115 e. The number of hydrogen-bond donors (Lipinski definition) is 1. The number of aryl methyl sites for hydroxylation is 2. The summed E-state index contributed by atoms with van der Waals surface area (Å²) in [4.78, 5) is 2.46. The molecule has 2 aromatic carbocycles. The molecule has 3 rings (SSSR count). The van der Waals surface area contributed by atoms with Crippen molar-refractivity contribution >= 4 is 5.69 Å². The molecule has 21 heavy (non-hydrogen) atoms. The topological polar surface area (TPSA) is 23.5 Å². The van der Waals surface area contributed by atoms with Gasteiger partial charge >= 0.3 is 0 Å². The molecule has 0 aliphatic heterocycles. The minimum absolute atomic E-state index is 0.369. The Morgan fingerprint density at radius 2 is 1.90 bits per heavy atom. The zero-order valence-electron chi connectivity index (χ0n) is 12.8. The van der Waals surface area contributed by atoms with Crippen LogP contribution < -0.4 is 4.90 Å². The molecule has 0 amide bonds. The fraction of sp³-hybridized carbons (Fsp3) is 0.368. The number of rotatable bonds is 3.